The molecule has 122 valence electrons. The first kappa shape index (κ1) is 15.2. The van der Waals surface area contributed by atoms with Gasteiger partial charge in [-0.1, -0.05) is 72.8 Å². The van der Waals surface area contributed by atoms with Crippen molar-refractivity contribution >= 4 is 0 Å². The summed E-state index contributed by atoms with van der Waals surface area (Å²) in [6, 6.07) is 27.6. The van der Waals surface area contributed by atoms with Crippen molar-refractivity contribution in [1.29, 1.82) is 0 Å². The Morgan fingerprint density at radius 1 is 0.760 bits per heavy atom. The van der Waals surface area contributed by atoms with E-state index in [0.29, 0.717) is 5.56 Å². The number of hydrogen-bond acceptors (Lipinski definition) is 1. The zero-order valence-electron chi connectivity index (χ0n) is 13.9. The van der Waals surface area contributed by atoms with Crippen LogP contribution in [0, 0.1) is 6.92 Å². The number of rotatable bonds is 3. The van der Waals surface area contributed by atoms with Gasteiger partial charge in [0.05, 0.1) is 16.9 Å². The first-order valence-corrected chi connectivity index (χ1v) is 8.27. The van der Waals surface area contributed by atoms with Gasteiger partial charge < -0.3 is 0 Å². The first-order chi connectivity index (χ1) is 12.3. The molecule has 0 unspecified atom stereocenters. The van der Waals surface area contributed by atoms with Gasteiger partial charge in [0.15, 0.2) is 0 Å². The molecule has 0 aliphatic heterocycles. The van der Waals surface area contributed by atoms with E-state index < -0.39 is 0 Å². The summed E-state index contributed by atoms with van der Waals surface area (Å²) in [4.78, 5) is 13.2. The molecular weight excluding hydrogens is 308 g/mol. The number of para-hydroxylation sites is 1. The second-order valence-corrected chi connectivity index (χ2v) is 6.02. The second-order valence-electron chi connectivity index (χ2n) is 6.02. The van der Waals surface area contributed by atoms with Crippen molar-refractivity contribution in [3.05, 3.63) is 101 Å². The van der Waals surface area contributed by atoms with Crippen LogP contribution in [-0.2, 0) is 0 Å². The third-order valence-electron chi connectivity index (χ3n) is 4.38. The van der Waals surface area contributed by atoms with Crippen LogP contribution < -0.4 is 5.56 Å². The van der Waals surface area contributed by atoms with Crippen LogP contribution in [0.25, 0.3) is 28.1 Å². The standard InChI is InChI=1S/C22H18N2O/c1-16-10-8-9-15-19(16)21-20(17-11-4-2-5-12-17)22(25)24(23-21)18-13-6-3-7-14-18/h2-15,23H,1H3. The highest BCUT2D eigenvalue weighted by Gasteiger charge is 2.19. The van der Waals surface area contributed by atoms with Crippen molar-refractivity contribution in [1.82, 2.24) is 9.78 Å². The maximum absolute atomic E-state index is 13.2. The van der Waals surface area contributed by atoms with Gasteiger partial charge in [0.25, 0.3) is 5.56 Å². The van der Waals surface area contributed by atoms with E-state index in [2.05, 4.69) is 18.1 Å². The lowest BCUT2D eigenvalue weighted by Gasteiger charge is -2.06. The second kappa shape index (κ2) is 6.29. The van der Waals surface area contributed by atoms with Crippen molar-refractivity contribution in [3.63, 3.8) is 0 Å². The fourth-order valence-electron chi connectivity index (χ4n) is 3.12. The molecule has 0 bridgehead atoms. The third-order valence-corrected chi connectivity index (χ3v) is 4.38. The van der Waals surface area contributed by atoms with Crippen molar-refractivity contribution in [2.24, 2.45) is 0 Å². The van der Waals surface area contributed by atoms with Crippen LogP contribution >= 0.6 is 0 Å². The van der Waals surface area contributed by atoms with E-state index in [9.17, 15) is 4.79 Å². The summed E-state index contributed by atoms with van der Waals surface area (Å²) in [6.45, 7) is 2.06. The molecule has 3 aromatic carbocycles. The quantitative estimate of drug-likeness (QED) is 0.576. The number of aromatic amines is 1. The Labute approximate surface area is 146 Å². The minimum absolute atomic E-state index is 0.0457. The summed E-state index contributed by atoms with van der Waals surface area (Å²) in [7, 11) is 0. The predicted molar refractivity (Wildman–Crippen MR) is 102 cm³/mol. The zero-order chi connectivity index (χ0) is 17.2. The summed E-state index contributed by atoms with van der Waals surface area (Å²) in [5.41, 5.74) is 5.39. The molecule has 3 nitrogen and oxygen atoms in total. The Bertz CT molecular complexity index is 1060. The highest BCUT2D eigenvalue weighted by Crippen LogP contribution is 2.30. The molecule has 0 atom stereocenters. The van der Waals surface area contributed by atoms with Gasteiger partial charge in [-0.2, -0.15) is 0 Å². The number of hydrogen-bond donors (Lipinski definition) is 1. The van der Waals surface area contributed by atoms with Crippen molar-refractivity contribution in [2.45, 2.75) is 6.92 Å². The molecule has 3 heteroatoms. The summed E-state index contributed by atoms with van der Waals surface area (Å²) in [5.74, 6) is 0. The Morgan fingerprint density at radius 2 is 1.36 bits per heavy atom. The van der Waals surface area contributed by atoms with Gasteiger partial charge in [0, 0.05) is 5.56 Å². The van der Waals surface area contributed by atoms with E-state index in [1.807, 2.05) is 78.9 Å². The number of benzene rings is 3. The molecule has 0 radical (unpaired) electrons. The van der Waals surface area contributed by atoms with Gasteiger partial charge in [-0.25, -0.2) is 4.68 Å². The smallest absolute Gasteiger partial charge is 0.279 e. The fourth-order valence-corrected chi connectivity index (χ4v) is 3.12. The Morgan fingerprint density at radius 3 is 2.04 bits per heavy atom. The monoisotopic (exact) mass is 326 g/mol. The normalized spacial score (nSPS) is 10.8. The Hall–Kier alpha value is -3.33. The van der Waals surface area contributed by atoms with Gasteiger partial charge in [-0.05, 0) is 30.2 Å². The van der Waals surface area contributed by atoms with Crippen molar-refractivity contribution in [3.8, 4) is 28.1 Å². The largest absolute Gasteiger partial charge is 0.290 e. The van der Waals surface area contributed by atoms with Crippen LogP contribution in [-0.4, -0.2) is 9.78 Å². The van der Waals surface area contributed by atoms with Gasteiger partial charge in [0.1, 0.15) is 0 Å². The summed E-state index contributed by atoms with van der Waals surface area (Å²) >= 11 is 0. The lowest BCUT2D eigenvalue weighted by Crippen LogP contribution is -2.15. The minimum Gasteiger partial charge on any atom is -0.290 e. The molecule has 1 aromatic heterocycles. The van der Waals surface area contributed by atoms with Gasteiger partial charge in [-0.15, -0.1) is 0 Å². The third kappa shape index (κ3) is 2.70. The molecule has 4 aromatic rings. The SMILES string of the molecule is Cc1ccccc1-c1[nH]n(-c2ccccc2)c(=O)c1-c1ccccc1. The molecule has 1 heterocycles. The first-order valence-electron chi connectivity index (χ1n) is 8.27. The van der Waals surface area contributed by atoms with Gasteiger partial charge >= 0.3 is 0 Å². The molecule has 4 rings (SSSR count). The van der Waals surface area contributed by atoms with E-state index in [4.69, 9.17) is 0 Å². The number of aromatic nitrogens is 2. The van der Waals surface area contributed by atoms with Gasteiger partial charge in [0.2, 0.25) is 0 Å². The van der Waals surface area contributed by atoms with E-state index in [1.165, 1.54) is 0 Å². The lowest BCUT2D eigenvalue weighted by atomic mass is 9.99. The van der Waals surface area contributed by atoms with E-state index in [-0.39, 0.29) is 5.56 Å². The molecule has 0 fully saturated rings. The minimum atomic E-state index is -0.0457. The fraction of sp³-hybridized carbons (Fsp3) is 0.0455. The van der Waals surface area contributed by atoms with Crippen LogP contribution in [0.4, 0.5) is 0 Å². The average molecular weight is 326 g/mol. The van der Waals surface area contributed by atoms with Crippen LogP contribution in [0.3, 0.4) is 0 Å². The number of aryl methyl sites for hydroxylation is 1. The summed E-state index contributed by atoms with van der Waals surface area (Å²) < 4.78 is 1.62. The Kier molecular flexibility index (Phi) is 3.82. The highest BCUT2D eigenvalue weighted by molar-refractivity contribution is 5.82. The van der Waals surface area contributed by atoms with Crippen LogP contribution in [0.2, 0.25) is 0 Å². The van der Waals surface area contributed by atoms with Gasteiger partial charge in [-0.3, -0.25) is 9.89 Å². The molecule has 0 amide bonds. The number of nitrogens with zero attached hydrogens (tertiary/aromatic N) is 1. The molecule has 25 heavy (non-hydrogen) atoms. The molecule has 1 N–H and O–H groups in total. The number of nitrogens with one attached hydrogen (secondary N) is 1. The highest BCUT2D eigenvalue weighted by atomic mass is 16.1. The summed E-state index contributed by atoms with van der Waals surface area (Å²) in [6.07, 6.45) is 0. The average Bonchev–Trinajstić information content (AvgIpc) is 3.00. The van der Waals surface area contributed by atoms with E-state index in [1.54, 1.807) is 4.68 Å². The topological polar surface area (TPSA) is 37.8 Å². The van der Waals surface area contributed by atoms with Crippen LogP contribution in [0.15, 0.2) is 89.7 Å². The summed E-state index contributed by atoms with van der Waals surface area (Å²) in [5, 5.41) is 3.33. The molecule has 0 aliphatic carbocycles. The molecule has 0 saturated heterocycles. The molecular formula is C22H18N2O. The molecule has 0 aliphatic rings. The Balaban J connectivity index is 2.03. The van der Waals surface area contributed by atoms with Crippen molar-refractivity contribution in [2.75, 3.05) is 0 Å². The zero-order valence-corrected chi connectivity index (χ0v) is 13.9. The molecule has 0 saturated carbocycles. The molecule has 0 spiro atoms. The maximum Gasteiger partial charge on any atom is 0.279 e. The van der Waals surface area contributed by atoms with E-state index in [0.717, 1.165) is 28.1 Å². The maximum atomic E-state index is 13.2. The van der Waals surface area contributed by atoms with Crippen LogP contribution in [0.5, 0.6) is 0 Å². The van der Waals surface area contributed by atoms with Crippen LogP contribution in [0.1, 0.15) is 5.56 Å². The predicted octanol–water partition coefficient (Wildman–Crippen LogP) is 4.81. The number of H-pyrrole nitrogens is 1. The van der Waals surface area contributed by atoms with E-state index >= 15 is 0 Å². The van der Waals surface area contributed by atoms with Crippen molar-refractivity contribution < 1.29 is 0 Å². The lowest BCUT2D eigenvalue weighted by molar-refractivity contribution is 0.853.